The molecular weight excluding hydrogens is 411 g/mol. The van der Waals surface area contributed by atoms with E-state index in [0.717, 1.165) is 13.1 Å². The number of hydrogen-bond acceptors (Lipinski definition) is 7. The minimum Gasteiger partial charge on any atom is -0.321 e. The Bertz CT molecular complexity index is 1050. The lowest BCUT2D eigenvalue weighted by molar-refractivity contribution is -0.148. The molecule has 4 rings (SSSR count). The molecule has 1 aliphatic carbocycles. The zero-order valence-corrected chi connectivity index (χ0v) is 16.2. The molecule has 1 fully saturated rings. The molecule has 0 aromatic carbocycles. The molecule has 13 heteroatoms. The Morgan fingerprint density at radius 3 is 2.43 bits per heavy atom. The minimum atomic E-state index is -4.57. The number of halogens is 5. The van der Waals surface area contributed by atoms with Crippen molar-refractivity contribution in [2.24, 2.45) is 15.2 Å². The quantitative estimate of drug-likeness (QED) is 0.695. The Morgan fingerprint density at radius 2 is 1.87 bits per heavy atom. The van der Waals surface area contributed by atoms with Gasteiger partial charge in [-0.15, -0.1) is 10.2 Å². The van der Waals surface area contributed by atoms with Gasteiger partial charge in [0, 0.05) is 12.1 Å². The van der Waals surface area contributed by atoms with Crippen LogP contribution in [0.5, 0.6) is 0 Å². The predicted molar refractivity (Wildman–Crippen MR) is 95.8 cm³/mol. The van der Waals surface area contributed by atoms with Gasteiger partial charge in [-0.3, -0.25) is 0 Å². The highest BCUT2D eigenvalue weighted by molar-refractivity contribution is 5.81. The highest BCUT2D eigenvalue weighted by atomic mass is 19.4. The number of aryl methyl sites for hydroxylation is 1. The molecule has 1 atom stereocenters. The molecule has 30 heavy (non-hydrogen) atoms. The van der Waals surface area contributed by atoms with Crippen molar-refractivity contribution in [3.8, 4) is 0 Å². The van der Waals surface area contributed by atoms with Crippen LogP contribution in [0, 0.1) is 6.92 Å². The molecule has 0 bridgehead atoms. The summed E-state index contributed by atoms with van der Waals surface area (Å²) >= 11 is 0. The lowest BCUT2D eigenvalue weighted by Crippen LogP contribution is -2.44. The fourth-order valence-electron chi connectivity index (χ4n) is 3.06. The maximum atomic E-state index is 15.0. The second-order valence-corrected chi connectivity index (χ2v) is 7.38. The van der Waals surface area contributed by atoms with E-state index in [2.05, 4.69) is 35.6 Å². The standard InChI is InChI=1S/C17H17F5N8/c1-8-12(7-30(28-8)17(21,22)15(3)26-9(2)27-29-15)24-14-23-6-11(16(18,19)20)13(25-14)10-4-5-10/h6-7,10H,4-5H2,1-3H3,(H,23,24,25). The van der Waals surface area contributed by atoms with Gasteiger partial charge >= 0.3 is 12.2 Å². The number of anilines is 2. The molecule has 1 aliphatic heterocycles. The third kappa shape index (κ3) is 3.41. The maximum absolute atomic E-state index is 15.0. The highest BCUT2D eigenvalue weighted by Gasteiger charge is 2.56. The molecule has 0 spiro atoms. The molecule has 1 saturated carbocycles. The van der Waals surface area contributed by atoms with Crippen LogP contribution >= 0.6 is 0 Å². The fraction of sp³-hybridized carbons (Fsp3) is 0.529. The number of alkyl halides is 5. The first kappa shape index (κ1) is 20.3. The first-order valence-electron chi connectivity index (χ1n) is 9.06. The number of rotatable bonds is 5. The van der Waals surface area contributed by atoms with E-state index in [1.165, 1.54) is 13.8 Å². The topological polar surface area (TPSA) is 92.7 Å². The fourth-order valence-corrected chi connectivity index (χ4v) is 3.06. The lowest BCUT2D eigenvalue weighted by Gasteiger charge is -2.26. The molecule has 2 aromatic rings. The Labute approximate surface area is 167 Å². The van der Waals surface area contributed by atoms with E-state index < -0.39 is 23.4 Å². The molecule has 8 nitrogen and oxygen atoms in total. The normalized spacial score (nSPS) is 21.8. The van der Waals surface area contributed by atoms with Crippen LogP contribution in [0.2, 0.25) is 0 Å². The summed E-state index contributed by atoms with van der Waals surface area (Å²) in [5.74, 6) is -0.297. The first-order chi connectivity index (χ1) is 13.9. The van der Waals surface area contributed by atoms with E-state index in [0.29, 0.717) is 23.7 Å². The summed E-state index contributed by atoms with van der Waals surface area (Å²) in [7, 11) is 0. The van der Waals surface area contributed by atoms with Crippen LogP contribution in [0.1, 0.15) is 49.6 Å². The summed E-state index contributed by atoms with van der Waals surface area (Å²) in [4.78, 5) is 11.5. The molecule has 160 valence electrons. The Kier molecular flexibility index (Phi) is 4.40. The van der Waals surface area contributed by atoms with Gasteiger partial charge in [-0.25, -0.2) is 19.6 Å². The van der Waals surface area contributed by atoms with Crippen molar-refractivity contribution in [1.82, 2.24) is 19.7 Å². The summed E-state index contributed by atoms with van der Waals surface area (Å²) in [6, 6.07) is -3.64. The van der Waals surface area contributed by atoms with Crippen molar-refractivity contribution >= 4 is 17.5 Å². The van der Waals surface area contributed by atoms with Crippen molar-refractivity contribution in [2.75, 3.05) is 5.32 Å². The van der Waals surface area contributed by atoms with Crippen LogP contribution in [0.15, 0.2) is 27.6 Å². The van der Waals surface area contributed by atoms with Gasteiger partial charge in [0.15, 0.2) is 0 Å². The summed E-state index contributed by atoms with van der Waals surface area (Å²) in [5.41, 5.74) is -2.85. The third-order valence-corrected chi connectivity index (χ3v) is 4.86. The van der Waals surface area contributed by atoms with Crippen LogP contribution in [0.4, 0.5) is 33.6 Å². The van der Waals surface area contributed by atoms with Crippen molar-refractivity contribution in [3.05, 3.63) is 29.3 Å². The molecule has 3 heterocycles. The van der Waals surface area contributed by atoms with Crippen molar-refractivity contribution in [1.29, 1.82) is 0 Å². The van der Waals surface area contributed by atoms with Gasteiger partial charge in [-0.2, -0.15) is 27.1 Å². The van der Waals surface area contributed by atoms with E-state index >= 15 is 0 Å². The van der Waals surface area contributed by atoms with Crippen molar-refractivity contribution < 1.29 is 22.0 Å². The smallest absolute Gasteiger partial charge is 0.321 e. The minimum absolute atomic E-state index is 0.0981. The van der Waals surface area contributed by atoms with Crippen LogP contribution in [-0.2, 0) is 12.2 Å². The van der Waals surface area contributed by atoms with Gasteiger partial charge in [-0.1, -0.05) is 0 Å². The molecule has 1 N–H and O–H groups in total. The third-order valence-electron chi connectivity index (χ3n) is 4.86. The number of nitrogens with one attached hydrogen (secondary N) is 1. The first-order valence-corrected chi connectivity index (χ1v) is 9.06. The Balaban J connectivity index is 1.64. The number of aromatic nitrogens is 4. The van der Waals surface area contributed by atoms with Gasteiger partial charge in [0.1, 0.15) is 5.84 Å². The summed E-state index contributed by atoms with van der Waals surface area (Å²) in [6.07, 6.45) is -1.64. The van der Waals surface area contributed by atoms with E-state index in [-0.39, 0.29) is 34.8 Å². The second-order valence-electron chi connectivity index (χ2n) is 7.38. The van der Waals surface area contributed by atoms with Gasteiger partial charge in [0.05, 0.1) is 28.8 Å². The van der Waals surface area contributed by atoms with Crippen LogP contribution in [-0.4, -0.2) is 31.2 Å². The molecule has 2 aromatic heterocycles. The molecule has 2 aliphatic rings. The molecular formula is C17H17F5N8. The number of aliphatic imine (C=N–C) groups is 1. The van der Waals surface area contributed by atoms with Gasteiger partial charge in [-0.05, 0) is 33.6 Å². The van der Waals surface area contributed by atoms with Gasteiger partial charge in [0.25, 0.3) is 5.66 Å². The number of amidine groups is 1. The average molecular weight is 428 g/mol. The highest BCUT2D eigenvalue weighted by Crippen LogP contribution is 2.45. The number of nitrogens with zero attached hydrogens (tertiary/aromatic N) is 7. The van der Waals surface area contributed by atoms with E-state index in [9.17, 15) is 22.0 Å². The van der Waals surface area contributed by atoms with Crippen LogP contribution < -0.4 is 5.32 Å². The van der Waals surface area contributed by atoms with Crippen LogP contribution in [0.25, 0.3) is 0 Å². The SMILES string of the molecule is CC1=NC(C)(C(F)(F)n2cc(Nc3ncc(C(F)(F)F)c(C4CC4)n3)c(C)n2)N=N1. The monoisotopic (exact) mass is 428 g/mol. The number of azo groups is 1. The molecule has 0 amide bonds. The Morgan fingerprint density at radius 1 is 1.17 bits per heavy atom. The van der Waals surface area contributed by atoms with E-state index in [1.54, 1.807) is 0 Å². The molecule has 1 unspecified atom stereocenters. The van der Waals surface area contributed by atoms with Gasteiger partial charge < -0.3 is 5.32 Å². The summed E-state index contributed by atoms with van der Waals surface area (Å²) in [5, 5.41) is 13.6. The zero-order chi connectivity index (χ0) is 21.9. The van der Waals surface area contributed by atoms with E-state index in [1.807, 2.05) is 0 Å². The maximum Gasteiger partial charge on any atom is 0.419 e. The van der Waals surface area contributed by atoms with Crippen molar-refractivity contribution in [2.45, 2.75) is 57.4 Å². The summed E-state index contributed by atoms with van der Waals surface area (Å²) < 4.78 is 69.9. The summed E-state index contributed by atoms with van der Waals surface area (Å²) in [6.45, 7) is 4.04. The Hall–Kier alpha value is -2.99. The second kappa shape index (κ2) is 6.51. The number of hydrogen-bond donors (Lipinski definition) is 1. The average Bonchev–Trinajstić information content (AvgIpc) is 3.34. The van der Waals surface area contributed by atoms with Crippen molar-refractivity contribution in [3.63, 3.8) is 0 Å². The zero-order valence-electron chi connectivity index (χ0n) is 16.2. The van der Waals surface area contributed by atoms with Gasteiger partial charge in [0.2, 0.25) is 5.95 Å². The lowest BCUT2D eigenvalue weighted by atomic mass is 10.1. The molecule has 0 saturated heterocycles. The van der Waals surface area contributed by atoms with E-state index in [4.69, 9.17) is 0 Å². The predicted octanol–water partition coefficient (Wildman–Crippen LogP) is 4.77. The van der Waals surface area contributed by atoms with Crippen LogP contribution in [0.3, 0.4) is 0 Å². The largest absolute Gasteiger partial charge is 0.419 e. The molecule has 0 radical (unpaired) electrons.